The lowest BCUT2D eigenvalue weighted by Gasteiger charge is -2.33. The molecule has 1 heterocycles. The second kappa shape index (κ2) is 11.4. The minimum atomic E-state index is -4.67. The molecular formula is C28H27F3N4O3. The average molecular weight is 525 g/mol. The lowest BCUT2D eigenvalue weighted by molar-refractivity contribution is -0.138. The molecule has 1 aliphatic heterocycles. The summed E-state index contributed by atoms with van der Waals surface area (Å²) in [5.41, 5.74) is 10.8. The van der Waals surface area contributed by atoms with Crippen LogP contribution < -0.4 is 16.2 Å². The van der Waals surface area contributed by atoms with Crippen molar-refractivity contribution in [1.82, 2.24) is 4.90 Å². The van der Waals surface area contributed by atoms with Crippen LogP contribution in [0.1, 0.15) is 56.2 Å². The van der Waals surface area contributed by atoms with Crippen molar-refractivity contribution in [2.75, 3.05) is 13.1 Å². The van der Waals surface area contributed by atoms with Gasteiger partial charge in [0, 0.05) is 24.2 Å². The topological polar surface area (TPSA) is 111 Å². The molecule has 2 amide bonds. The number of rotatable bonds is 6. The van der Waals surface area contributed by atoms with Crippen LogP contribution in [0.4, 0.5) is 13.2 Å². The number of ether oxygens (including phenoxy) is 1. The van der Waals surface area contributed by atoms with E-state index in [0.717, 1.165) is 11.6 Å². The number of hydrogen-bond donors (Lipinski definition) is 2. The van der Waals surface area contributed by atoms with Gasteiger partial charge in [-0.25, -0.2) is 0 Å². The van der Waals surface area contributed by atoms with E-state index in [-0.39, 0.29) is 17.0 Å². The van der Waals surface area contributed by atoms with E-state index in [1.807, 2.05) is 30.3 Å². The molecule has 38 heavy (non-hydrogen) atoms. The highest BCUT2D eigenvalue weighted by Crippen LogP contribution is 2.39. The van der Waals surface area contributed by atoms with Crippen LogP contribution in [0.5, 0.6) is 5.75 Å². The molecule has 0 saturated carbocycles. The van der Waals surface area contributed by atoms with E-state index >= 15 is 0 Å². The second-order valence-corrected chi connectivity index (χ2v) is 9.01. The van der Waals surface area contributed by atoms with Gasteiger partial charge in [-0.2, -0.15) is 18.2 Å². The zero-order valence-corrected chi connectivity index (χ0v) is 20.4. The molecule has 0 bridgehead atoms. The van der Waals surface area contributed by atoms with Gasteiger partial charge in [-0.15, -0.1) is 0 Å². The highest BCUT2D eigenvalue weighted by atomic mass is 19.4. The number of guanidine groups is 1. The summed E-state index contributed by atoms with van der Waals surface area (Å²) in [6.45, 7) is 1.02. The molecule has 3 aromatic carbocycles. The van der Waals surface area contributed by atoms with Crippen molar-refractivity contribution in [3.8, 4) is 5.75 Å². The van der Waals surface area contributed by atoms with Gasteiger partial charge in [0.1, 0.15) is 12.4 Å². The van der Waals surface area contributed by atoms with Crippen LogP contribution in [0.3, 0.4) is 0 Å². The molecule has 10 heteroatoms. The zero-order valence-electron chi connectivity index (χ0n) is 20.4. The average Bonchev–Trinajstić information content (AvgIpc) is 2.91. The number of piperidine rings is 1. The van der Waals surface area contributed by atoms with E-state index in [2.05, 4.69) is 4.99 Å². The van der Waals surface area contributed by atoms with Gasteiger partial charge in [0.05, 0.1) is 5.56 Å². The number of carbonyl (C=O) groups is 2. The first-order valence-electron chi connectivity index (χ1n) is 12.0. The minimum Gasteiger partial charge on any atom is -0.489 e. The number of carbonyl (C=O) groups excluding carboxylic acids is 2. The number of nitrogens with two attached hydrogens (primary N) is 2. The van der Waals surface area contributed by atoms with Crippen LogP contribution in [0.15, 0.2) is 77.8 Å². The Morgan fingerprint density at radius 2 is 1.55 bits per heavy atom. The number of benzene rings is 3. The summed E-state index contributed by atoms with van der Waals surface area (Å²) in [5.74, 6) is -1.45. The second-order valence-electron chi connectivity index (χ2n) is 9.01. The van der Waals surface area contributed by atoms with E-state index in [1.54, 1.807) is 29.2 Å². The number of hydrogen-bond acceptors (Lipinski definition) is 3. The Kier molecular flexibility index (Phi) is 7.99. The Morgan fingerprint density at radius 3 is 2.16 bits per heavy atom. The summed E-state index contributed by atoms with van der Waals surface area (Å²) in [6.07, 6.45) is -3.95. The molecule has 3 aromatic rings. The molecule has 1 saturated heterocycles. The minimum absolute atomic E-state index is 0.0887. The summed E-state index contributed by atoms with van der Waals surface area (Å²) in [4.78, 5) is 30.0. The van der Waals surface area contributed by atoms with Gasteiger partial charge >= 0.3 is 6.18 Å². The van der Waals surface area contributed by atoms with Crippen LogP contribution >= 0.6 is 0 Å². The standard InChI is InChI=1S/C28H27F3N4O3/c29-28(30,31)24-16-21(25(36)34-27(32)33)8-11-23(24)19-12-14-35(15-13-19)26(37)20-6-9-22(10-7-20)38-17-18-4-2-1-3-5-18/h1-11,16,19H,12-15,17H2,(H4,32,33,34,36). The maximum Gasteiger partial charge on any atom is 0.416 e. The normalized spacial score (nSPS) is 14.1. The molecule has 0 spiro atoms. The molecule has 7 nitrogen and oxygen atoms in total. The Labute approximate surface area is 217 Å². The molecule has 1 aliphatic rings. The molecule has 0 radical (unpaired) electrons. The fourth-order valence-corrected chi connectivity index (χ4v) is 4.48. The smallest absolute Gasteiger partial charge is 0.416 e. The Morgan fingerprint density at radius 1 is 0.921 bits per heavy atom. The summed E-state index contributed by atoms with van der Waals surface area (Å²) in [5, 5.41) is 0. The molecule has 0 aromatic heterocycles. The quantitative estimate of drug-likeness (QED) is 0.358. The molecular weight excluding hydrogens is 497 g/mol. The third kappa shape index (κ3) is 6.50. The fraction of sp³-hybridized carbons (Fsp3) is 0.250. The van der Waals surface area contributed by atoms with Crippen molar-refractivity contribution in [2.24, 2.45) is 16.5 Å². The fourth-order valence-electron chi connectivity index (χ4n) is 4.48. The van der Waals surface area contributed by atoms with Crippen LogP contribution in [0.2, 0.25) is 0 Å². The molecule has 0 aliphatic carbocycles. The molecule has 4 rings (SSSR count). The maximum absolute atomic E-state index is 13.8. The van der Waals surface area contributed by atoms with E-state index < -0.39 is 29.5 Å². The van der Waals surface area contributed by atoms with Crippen LogP contribution in [-0.4, -0.2) is 35.8 Å². The van der Waals surface area contributed by atoms with Crippen molar-refractivity contribution in [2.45, 2.75) is 31.5 Å². The van der Waals surface area contributed by atoms with Gasteiger partial charge in [-0.1, -0.05) is 36.4 Å². The van der Waals surface area contributed by atoms with Gasteiger partial charge in [-0.3, -0.25) is 9.59 Å². The van der Waals surface area contributed by atoms with Crippen molar-refractivity contribution >= 4 is 17.8 Å². The third-order valence-corrected chi connectivity index (χ3v) is 6.41. The van der Waals surface area contributed by atoms with E-state index in [1.165, 1.54) is 12.1 Å². The molecule has 198 valence electrons. The number of aliphatic imine (C=N–C) groups is 1. The van der Waals surface area contributed by atoms with Crippen LogP contribution in [-0.2, 0) is 12.8 Å². The van der Waals surface area contributed by atoms with Gasteiger partial charge in [0.15, 0.2) is 5.96 Å². The summed E-state index contributed by atoms with van der Waals surface area (Å²) in [6, 6.07) is 19.9. The van der Waals surface area contributed by atoms with Gasteiger partial charge in [-0.05, 0) is 66.3 Å². The highest BCUT2D eigenvalue weighted by molar-refractivity contribution is 6.02. The van der Waals surface area contributed by atoms with Gasteiger partial charge < -0.3 is 21.1 Å². The van der Waals surface area contributed by atoms with Crippen molar-refractivity contribution in [3.63, 3.8) is 0 Å². The number of alkyl halides is 3. The van der Waals surface area contributed by atoms with E-state index in [9.17, 15) is 22.8 Å². The molecule has 1 fully saturated rings. The molecule has 0 atom stereocenters. The third-order valence-electron chi connectivity index (χ3n) is 6.41. The first-order valence-corrected chi connectivity index (χ1v) is 12.0. The summed E-state index contributed by atoms with van der Waals surface area (Å²) >= 11 is 0. The SMILES string of the molecule is NC(N)=NC(=O)c1ccc(C2CCN(C(=O)c3ccc(OCc4ccccc4)cc3)CC2)c(C(F)(F)F)c1. The predicted octanol–water partition coefficient (Wildman–Crippen LogP) is 4.72. The van der Waals surface area contributed by atoms with Crippen LogP contribution in [0.25, 0.3) is 0 Å². The highest BCUT2D eigenvalue weighted by Gasteiger charge is 2.37. The first kappa shape index (κ1) is 26.7. The summed E-state index contributed by atoms with van der Waals surface area (Å²) < 4.78 is 47.3. The van der Waals surface area contributed by atoms with E-state index in [0.29, 0.717) is 43.9 Å². The Hall–Kier alpha value is -4.34. The maximum atomic E-state index is 13.8. The zero-order chi connectivity index (χ0) is 27.3. The van der Waals surface area contributed by atoms with Crippen molar-refractivity contribution < 1.29 is 27.5 Å². The van der Waals surface area contributed by atoms with Gasteiger partial charge in [0.25, 0.3) is 11.8 Å². The Balaban J connectivity index is 1.40. The lowest BCUT2D eigenvalue weighted by Crippen LogP contribution is -2.38. The van der Waals surface area contributed by atoms with Gasteiger partial charge in [0.2, 0.25) is 0 Å². The number of amides is 2. The number of nitrogens with zero attached hydrogens (tertiary/aromatic N) is 2. The molecule has 0 unspecified atom stereocenters. The first-order chi connectivity index (χ1) is 18.1. The number of likely N-dealkylation sites (tertiary alicyclic amines) is 1. The van der Waals surface area contributed by atoms with Crippen molar-refractivity contribution in [1.29, 1.82) is 0 Å². The number of halogens is 3. The van der Waals surface area contributed by atoms with Crippen molar-refractivity contribution in [3.05, 3.63) is 101 Å². The monoisotopic (exact) mass is 524 g/mol. The molecule has 4 N–H and O–H groups in total. The van der Waals surface area contributed by atoms with Crippen LogP contribution in [0, 0.1) is 0 Å². The largest absolute Gasteiger partial charge is 0.489 e. The summed E-state index contributed by atoms with van der Waals surface area (Å²) in [7, 11) is 0. The predicted molar refractivity (Wildman–Crippen MR) is 137 cm³/mol. The Bertz CT molecular complexity index is 1310. The van der Waals surface area contributed by atoms with E-state index in [4.69, 9.17) is 16.2 Å². The lowest BCUT2D eigenvalue weighted by atomic mass is 9.85.